The van der Waals surface area contributed by atoms with Crippen molar-refractivity contribution in [2.75, 3.05) is 6.26 Å². The first-order chi connectivity index (χ1) is 15.8. The number of pyridine rings is 1. The van der Waals surface area contributed by atoms with Crippen molar-refractivity contribution in [2.24, 2.45) is 0 Å². The number of fused-ring (bicyclic) bond motifs is 1. The van der Waals surface area contributed by atoms with Crippen molar-refractivity contribution in [1.82, 2.24) is 9.55 Å². The Hall–Kier alpha value is -3.90. The van der Waals surface area contributed by atoms with Crippen LogP contribution in [0.15, 0.2) is 52.3 Å². The van der Waals surface area contributed by atoms with Crippen molar-refractivity contribution in [3.05, 3.63) is 87.0 Å². The highest BCUT2D eigenvalue weighted by Gasteiger charge is 2.27. The molecule has 2 N–H and O–H groups in total. The van der Waals surface area contributed by atoms with Crippen LogP contribution in [0.1, 0.15) is 27.2 Å². The van der Waals surface area contributed by atoms with Gasteiger partial charge < -0.3 is 14.7 Å². The molecule has 0 fully saturated rings. The van der Waals surface area contributed by atoms with Crippen LogP contribution in [0.4, 0.5) is 8.78 Å². The summed E-state index contributed by atoms with van der Waals surface area (Å²) < 4.78 is 30.7. The number of benzene rings is 2. The molecule has 2 heterocycles. The number of carboxylic acids is 1. The predicted molar refractivity (Wildman–Crippen MR) is 122 cm³/mol. The highest BCUT2D eigenvalue weighted by molar-refractivity contribution is 7.98. The molecule has 0 saturated carbocycles. The van der Waals surface area contributed by atoms with Crippen molar-refractivity contribution >= 4 is 28.6 Å². The molecule has 0 amide bonds. The van der Waals surface area contributed by atoms with Crippen LogP contribution in [0.2, 0.25) is 0 Å². The van der Waals surface area contributed by atoms with Gasteiger partial charge in [-0.1, -0.05) is 0 Å². The number of H-pyrrole nitrogens is 1. The second kappa shape index (κ2) is 8.56. The number of rotatable bonds is 5. The SMILES string of the molecule is CSc1cc(F)c(Cn2c(C(=O)O)c(-c3ccc[nH]c3=O)c3cc(C)c(F)cc32)cc1C#N. The fourth-order valence-corrected chi connectivity index (χ4v) is 4.45. The fourth-order valence-electron chi connectivity index (χ4n) is 3.90. The van der Waals surface area contributed by atoms with E-state index in [9.17, 15) is 28.7 Å². The summed E-state index contributed by atoms with van der Waals surface area (Å²) in [5.41, 5.74) is 0.201. The highest BCUT2D eigenvalue weighted by atomic mass is 32.2. The second-order valence-corrected chi connectivity index (χ2v) is 8.25. The number of hydrogen-bond donors (Lipinski definition) is 2. The molecule has 0 bridgehead atoms. The quantitative estimate of drug-likeness (QED) is 0.408. The van der Waals surface area contributed by atoms with Gasteiger partial charge in [0.25, 0.3) is 5.56 Å². The standard InChI is InChI=1S/C24H17F2N3O3S/c1-12-6-16-19(8-17(12)25)29(11-14-7-13(10-27)20(33-2)9-18(14)26)22(24(31)32)21(16)15-4-3-5-28-23(15)30/h3-9H,11H2,1-2H3,(H,28,30)(H,31,32). The van der Waals surface area contributed by atoms with E-state index in [4.69, 9.17) is 0 Å². The van der Waals surface area contributed by atoms with Gasteiger partial charge in [-0.05, 0) is 55.1 Å². The monoisotopic (exact) mass is 465 g/mol. The molecule has 9 heteroatoms. The van der Waals surface area contributed by atoms with Gasteiger partial charge in [-0.25, -0.2) is 13.6 Å². The molecule has 0 atom stereocenters. The number of aromatic amines is 1. The van der Waals surface area contributed by atoms with Crippen molar-refractivity contribution in [2.45, 2.75) is 18.4 Å². The smallest absolute Gasteiger partial charge is 0.353 e. The molecule has 0 unspecified atom stereocenters. The summed E-state index contributed by atoms with van der Waals surface area (Å²) in [4.78, 5) is 27.9. The van der Waals surface area contributed by atoms with Crippen LogP contribution in [-0.2, 0) is 6.54 Å². The van der Waals surface area contributed by atoms with Crippen LogP contribution in [0.25, 0.3) is 22.0 Å². The van der Waals surface area contributed by atoms with E-state index in [1.165, 1.54) is 59.8 Å². The Bertz CT molecular complexity index is 1530. The molecule has 2 aromatic carbocycles. The summed E-state index contributed by atoms with van der Waals surface area (Å²) in [6.45, 7) is 1.26. The van der Waals surface area contributed by atoms with Gasteiger partial charge in [0.05, 0.1) is 17.6 Å². The number of carbonyl (C=O) groups is 1. The molecule has 0 radical (unpaired) electrons. The van der Waals surface area contributed by atoms with E-state index >= 15 is 0 Å². The summed E-state index contributed by atoms with van der Waals surface area (Å²) in [6.07, 6.45) is 3.13. The topological polar surface area (TPSA) is 98.9 Å². The largest absolute Gasteiger partial charge is 0.477 e. The lowest BCUT2D eigenvalue weighted by Gasteiger charge is -2.12. The van der Waals surface area contributed by atoms with Crippen LogP contribution in [0, 0.1) is 29.9 Å². The summed E-state index contributed by atoms with van der Waals surface area (Å²) in [7, 11) is 0. The summed E-state index contributed by atoms with van der Waals surface area (Å²) >= 11 is 1.22. The zero-order valence-electron chi connectivity index (χ0n) is 17.6. The minimum atomic E-state index is -1.36. The predicted octanol–water partition coefficient (Wildman–Crippen LogP) is 4.92. The van der Waals surface area contributed by atoms with Crippen LogP contribution < -0.4 is 5.56 Å². The molecule has 0 aliphatic heterocycles. The minimum Gasteiger partial charge on any atom is -0.477 e. The molecule has 0 spiro atoms. The maximum atomic E-state index is 14.9. The third-order valence-corrected chi connectivity index (χ3v) is 6.23. The number of thioether (sulfide) groups is 1. The normalized spacial score (nSPS) is 11.0. The van der Waals surface area contributed by atoms with Crippen molar-refractivity contribution in [3.8, 4) is 17.2 Å². The number of nitriles is 1. The van der Waals surface area contributed by atoms with Gasteiger partial charge in [0.1, 0.15) is 23.4 Å². The fraction of sp³-hybridized carbons (Fsp3) is 0.125. The van der Waals surface area contributed by atoms with Crippen LogP contribution in [0.3, 0.4) is 0 Å². The molecule has 0 saturated heterocycles. The van der Waals surface area contributed by atoms with E-state index in [1.807, 2.05) is 6.07 Å². The average molecular weight is 465 g/mol. The lowest BCUT2D eigenvalue weighted by atomic mass is 10.0. The molecule has 4 aromatic rings. The number of halogens is 2. The Morgan fingerprint density at radius 1 is 1.24 bits per heavy atom. The molecule has 4 rings (SSSR count). The number of nitrogens with zero attached hydrogens (tertiary/aromatic N) is 2. The van der Waals surface area contributed by atoms with Gasteiger partial charge in [-0.15, -0.1) is 11.8 Å². The molecular weight excluding hydrogens is 448 g/mol. The van der Waals surface area contributed by atoms with Crippen molar-refractivity contribution < 1.29 is 18.7 Å². The third-order valence-electron chi connectivity index (χ3n) is 5.45. The van der Waals surface area contributed by atoms with Gasteiger partial charge in [0.2, 0.25) is 0 Å². The Balaban J connectivity index is 2.08. The lowest BCUT2D eigenvalue weighted by molar-refractivity contribution is 0.0687. The number of aryl methyl sites for hydroxylation is 1. The molecule has 166 valence electrons. The maximum Gasteiger partial charge on any atom is 0.353 e. The Morgan fingerprint density at radius 3 is 2.64 bits per heavy atom. The summed E-state index contributed by atoms with van der Waals surface area (Å²) in [5, 5.41) is 19.9. The maximum absolute atomic E-state index is 14.9. The van der Waals surface area contributed by atoms with Crippen LogP contribution in [0.5, 0.6) is 0 Å². The van der Waals surface area contributed by atoms with Gasteiger partial charge in [-0.2, -0.15) is 5.26 Å². The van der Waals surface area contributed by atoms with E-state index in [0.717, 1.165) is 0 Å². The minimum absolute atomic E-state index is 0.0678. The zero-order chi connectivity index (χ0) is 23.9. The van der Waals surface area contributed by atoms with Gasteiger partial charge >= 0.3 is 5.97 Å². The highest BCUT2D eigenvalue weighted by Crippen LogP contribution is 2.36. The number of nitrogens with one attached hydrogen (secondary N) is 1. The first kappa shape index (κ1) is 22.3. The van der Waals surface area contributed by atoms with E-state index in [-0.39, 0.29) is 45.6 Å². The number of aromatic nitrogens is 2. The molecule has 0 aliphatic rings. The molecule has 6 nitrogen and oxygen atoms in total. The van der Waals surface area contributed by atoms with Crippen LogP contribution in [-0.4, -0.2) is 26.9 Å². The molecule has 2 aromatic heterocycles. The van der Waals surface area contributed by atoms with Crippen molar-refractivity contribution in [3.63, 3.8) is 0 Å². The summed E-state index contributed by atoms with van der Waals surface area (Å²) in [5.74, 6) is -2.55. The van der Waals surface area contributed by atoms with Gasteiger partial charge in [0, 0.05) is 33.2 Å². The van der Waals surface area contributed by atoms with E-state index < -0.39 is 23.2 Å². The first-order valence-electron chi connectivity index (χ1n) is 9.77. The summed E-state index contributed by atoms with van der Waals surface area (Å²) in [6, 6.07) is 10.3. The van der Waals surface area contributed by atoms with E-state index in [2.05, 4.69) is 4.98 Å². The van der Waals surface area contributed by atoms with Gasteiger partial charge in [0.15, 0.2) is 0 Å². The second-order valence-electron chi connectivity index (χ2n) is 7.40. The third kappa shape index (κ3) is 3.79. The Morgan fingerprint density at radius 2 is 2.00 bits per heavy atom. The first-order valence-corrected chi connectivity index (χ1v) is 11.0. The Kier molecular flexibility index (Phi) is 5.78. The average Bonchev–Trinajstić information content (AvgIpc) is 3.08. The van der Waals surface area contributed by atoms with E-state index in [0.29, 0.717) is 10.3 Å². The van der Waals surface area contributed by atoms with E-state index in [1.54, 1.807) is 12.3 Å². The Labute approximate surface area is 191 Å². The number of carboxylic acid groups (broad SMARTS) is 1. The van der Waals surface area contributed by atoms with Crippen molar-refractivity contribution in [1.29, 1.82) is 5.26 Å². The molecule has 33 heavy (non-hydrogen) atoms. The zero-order valence-corrected chi connectivity index (χ0v) is 18.4. The lowest BCUT2D eigenvalue weighted by Crippen LogP contribution is -2.14. The number of aromatic carboxylic acids is 1. The number of hydrogen-bond acceptors (Lipinski definition) is 4. The van der Waals surface area contributed by atoms with Crippen LogP contribution >= 0.6 is 11.8 Å². The van der Waals surface area contributed by atoms with Gasteiger partial charge in [-0.3, -0.25) is 4.79 Å². The molecular formula is C24H17F2N3O3S. The molecule has 0 aliphatic carbocycles.